The average Bonchev–Trinajstić information content (AvgIpc) is 2.86. The van der Waals surface area contributed by atoms with E-state index in [-0.39, 0.29) is 33.0 Å². The molecule has 0 saturated heterocycles. The second-order valence-electron chi connectivity index (χ2n) is 13.6. The molecule has 36 heavy (non-hydrogen) atoms. The summed E-state index contributed by atoms with van der Waals surface area (Å²) in [7, 11) is 5.03. The fourth-order valence-electron chi connectivity index (χ4n) is 9.51. The molecule has 0 unspecified atom stereocenters. The molecular formula is C32H46O4. The number of rotatable bonds is 3. The minimum absolute atomic E-state index is 0.0137. The van der Waals surface area contributed by atoms with E-state index in [2.05, 4.69) is 53.7 Å². The van der Waals surface area contributed by atoms with Crippen LogP contribution in [0.5, 0.6) is 11.5 Å². The van der Waals surface area contributed by atoms with Crippen molar-refractivity contribution in [1.29, 1.82) is 0 Å². The van der Waals surface area contributed by atoms with Gasteiger partial charge < -0.3 is 14.2 Å². The lowest BCUT2D eigenvalue weighted by molar-refractivity contribution is -0.179. The van der Waals surface area contributed by atoms with Crippen LogP contribution in [0.2, 0.25) is 0 Å². The fraction of sp³-hybridized carbons (Fsp3) is 0.719. The summed E-state index contributed by atoms with van der Waals surface area (Å²) < 4.78 is 16.9. The first kappa shape index (κ1) is 25.7. The van der Waals surface area contributed by atoms with Crippen molar-refractivity contribution < 1.29 is 19.0 Å². The number of carbonyl (C=O) groups is 1. The molecule has 4 heteroatoms. The van der Waals surface area contributed by atoms with Gasteiger partial charge in [0.2, 0.25) is 0 Å². The van der Waals surface area contributed by atoms with E-state index in [0.717, 1.165) is 43.6 Å². The summed E-state index contributed by atoms with van der Waals surface area (Å²) in [6.07, 6.45) is 11.2. The van der Waals surface area contributed by atoms with Gasteiger partial charge in [0, 0.05) is 5.41 Å². The van der Waals surface area contributed by atoms with Gasteiger partial charge in [-0.25, -0.2) is 0 Å². The molecule has 4 aliphatic rings. The van der Waals surface area contributed by atoms with Crippen molar-refractivity contribution in [2.45, 2.75) is 98.3 Å². The number of allylic oxidation sites excluding steroid dienone is 2. The van der Waals surface area contributed by atoms with Gasteiger partial charge >= 0.3 is 5.97 Å². The Labute approximate surface area is 218 Å². The predicted molar refractivity (Wildman–Crippen MR) is 144 cm³/mol. The van der Waals surface area contributed by atoms with Crippen LogP contribution in [-0.2, 0) is 21.4 Å². The molecule has 4 nitrogen and oxygen atoms in total. The Morgan fingerprint density at radius 1 is 0.917 bits per heavy atom. The monoisotopic (exact) mass is 494 g/mol. The normalized spacial score (nSPS) is 41.1. The largest absolute Gasteiger partial charge is 0.493 e. The highest BCUT2D eigenvalue weighted by Gasteiger charge is 2.67. The minimum Gasteiger partial charge on any atom is -0.493 e. The number of hydrogen-bond acceptors (Lipinski definition) is 4. The van der Waals surface area contributed by atoms with E-state index in [4.69, 9.17) is 14.2 Å². The van der Waals surface area contributed by atoms with E-state index in [1.54, 1.807) is 26.9 Å². The lowest BCUT2D eigenvalue weighted by Crippen LogP contribution is -2.62. The first-order valence-electron chi connectivity index (χ1n) is 13.9. The third kappa shape index (κ3) is 3.08. The van der Waals surface area contributed by atoms with E-state index < -0.39 is 0 Å². The highest BCUT2D eigenvalue weighted by molar-refractivity contribution is 5.76. The van der Waals surface area contributed by atoms with Crippen LogP contribution in [0.1, 0.15) is 96.3 Å². The third-order valence-corrected chi connectivity index (χ3v) is 12.1. The van der Waals surface area contributed by atoms with Crippen molar-refractivity contribution in [3.8, 4) is 11.5 Å². The quantitative estimate of drug-likeness (QED) is 0.326. The third-order valence-electron chi connectivity index (χ3n) is 12.1. The summed E-state index contributed by atoms with van der Waals surface area (Å²) in [6.45, 7) is 14.4. The average molecular weight is 495 g/mol. The molecule has 3 saturated carbocycles. The van der Waals surface area contributed by atoms with Gasteiger partial charge in [0.15, 0.2) is 11.5 Å². The zero-order valence-corrected chi connectivity index (χ0v) is 24.0. The van der Waals surface area contributed by atoms with Crippen LogP contribution < -0.4 is 9.47 Å². The van der Waals surface area contributed by atoms with Gasteiger partial charge in [-0.15, -0.1) is 0 Å². The van der Waals surface area contributed by atoms with Crippen molar-refractivity contribution >= 4 is 5.97 Å². The Bertz CT molecular complexity index is 1140. The van der Waals surface area contributed by atoms with Gasteiger partial charge in [-0.05, 0) is 110 Å². The SMILES string of the molecule is COC(=O)[C@]1(C)CC[C@]2(C)CC[C@]3(C)C4=CCc5c(cc(OC)c(OC)c5C)[C@]4(C)CC[C@@]3(C)[C@@H]2C1. The highest BCUT2D eigenvalue weighted by Crippen LogP contribution is 2.74. The number of ether oxygens (including phenoxy) is 3. The van der Waals surface area contributed by atoms with E-state index in [9.17, 15) is 4.79 Å². The number of hydrogen-bond donors (Lipinski definition) is 0. The van der Waals surface area contributed by atoms with Crippen LogP contribution in [0.15, 0.2) is 17.7 Å². The number of esters is 1. The molecule has 0 amide bonds. The molecule has 0 spiro atoms. The maximum absolute atomic E-state index is 12.9. The summed E-state index contributed by atoms with van der Waals surface area (Å²) in [6, 6.07) is 2.27. The Morgan fingerprint density at radius 2 is 1.61 bits per heavy atom. The Balaban J connectivity index is 1.61. The summed E-state index contributed by atoms with van der Waals surface area (Å²) in [4.78, 5) is 12.9. The van der Waals surface area contributed by atoms with Gasteiger partial charge in [0.25, 0.3) is 0 Å². The fourth-order valence-corrected chi connectivity index (χ4v) is 9.51. The van der Waals surface area contributed by atoms with Crippen molar-refractivity contribution in [3.05, 3.63) is 34.4 Å². The standard InChI is InChI=1S/C32H46O4/c1-20-21-10-11-24-30(4,22(21)18-23(34-7)26(20)35-8)15-17-32(6)25-19-29(3,27(33)36-9)13-12-28(25,2)14-16-31(24,32)5/h11,18,25H,10,12-17,19H2,1-9H3/t25-,28-,29-,30+,31-,32+/m1/s1. The van der Waals surface area contributed by atoms with Crippen molar-refractivity contribution in [2.75, 3.05) is 21.3 Å². The zero-order chi connectivity index (χ0) is 26.3. The van der Waals surface area contributed by atoms with Crippen molar-refractivity contribution in [1.82, 2.24) is 0 Å². The molecule has 198 valence electrons. The Hall–Kier alpha value is -1.97. The number of methoxy groups -OCH3 is 3. The van der Waals surface area contributed by atoms with E-state index in [1.165, 1.54) is 36.0 Å². The van der Waals surface area contributed by atoms with Gasteiger partial charge in [0.05, 0.1) is 26.7 Å². The molecule has 0 N–H and O–H groups in total. The summed E-state index contributed by atoms with van der Waals surface area (Å²) >= 11 is 0. The summed E-state index contributed by atoms with van der Waals surface area (Å²) in [5, 5.41) is 0. The molecule has 0 radical (unpaired) electrons. The van der Waals surface area contributed by atoms with Crippen LogP contribution in [0, 0.1) is 34.5 Å². The van der Waals surface area contributed by atoms with Crippen LogP contribution in [0.3, 0.4) is 0 Å². The summed E-state index contributed by atoms with van der Waals surface area (Å²) in [5.74, 6) is 2.18. The van der Waals surface area contributed by atoms with E-state index in [1.807, 2.05) is 0 Å². The molecular weight excluding hydrogens is 448 g/mol. The van der Waals surface area contributed by atoms with E-state index >= 15 is 0 Å². The lowest BCUT2D eigenvalue weighted by atomic mass is 9.34. The molecule has 3 fully saturated rings. The Morgan fingerprint density at radius 3 is 2.25 bits per heavy atom. The first-order chi connectivity index (χ1) is 16.8. The molecule has 0 heterocycles. The van der Waals surface area contributed by atoms with Gasteiger partial charge in [0.1, 0.15) is 0 Å². The van der Waals surface area contributed by atoms with Gasteiger partial charge in [-0.3, -0.25) is 4.79 Å². The lowest BCUT2D eigenvalue weighted by Gasteiger charge is -2.70. The highest BCUT2D eigenvalue weighted by atomic mass is 16.5. The second kappa shape index (κ2) is 8.01. The van der Waals surface area contributed by atoms with Crippen LogP contribution in [0.4, 0.5) is 0 Å². The second-order valence-corrected chi connectivity index (χ2v) is 13.6. The van der Waals surface area contributed by atoms with Gasteiger partial charge in [-0.2, -0.15) is 0 Å². The zero-order valence-electron chi connectivity index (χ0n) is 24.0. The van der Waals surface area contributed by atoms with E-state index in [0.29, 0.717) is 5.92 Å². The molecule has 0 aliphatic heterocycles. The molecule has 0 bridgehead atoms. The molecule has 4 aliphatic carbocycles. The number of carbonyl (C=O) groups excluding carboxylic acids is 1. The molecule has 1 aromatic rings. The van der Waals surface area contributed by atoms with Crippen molar-refractivity contribution in [3.63, 3.8) is 0 Å². The smallest absolute Gasteiger partial charge is 0.311 e. The first-order valence-corrected chi connectivity index (χ1v) is 13.9. The maximum atomic E-state index is 12.9. The van der Waals surface area contributed by atoms with Crippen LogP contribution in [0.25, 0.3) is 0 Å². The topological polar surface area (TPSA) is 44.8 Å². The molecule has 5 rings (SSSR count). The molecule has 6 atom stereocenters. The van der Waals surface area contributed by atoms with Crippen LogP contribution in [-0.4, -0.2) is 27.3 Å². The van der Waals surface area contributed by atoms with Crippen molar-refractivity contribution in [2.24, 2.45) is 27.6 Å². The number of benzene rings is 1. The minimum atomic E-state index is -0.379. The number of fused-ring (bicyclic) bond motifs is 7. The molecule has 1 aromatic carbocycles. The van der Waals surface area contributed by atoms with Crippen LogP contribution >= 0.6 is 0 Å². The summed E-state index contributed by atoms with van der Waals surface area (Å²) in [5.41, 5.74) is 5.79. The Kier molecular flexibility index (Phi) is 5.71. The van der Waals surface area contributed by atoms with Gasteiger partial charge in [-0.1, -0.05) is 39.3 Å². The maximum Gasteiger partial charge on any atom is 0.311 e. The molecule has 0 aromatic heterocycles. The predicted octanol–water partition coefficient (Wildman–Crippen LogP) is 7.34.